The van der Waals surface area contributed by atoms with Crippen molar-refractivity contribution in [3.05, 3.63) is 46.4 Å². The van der Waals surface area contributed by atoms with Gasteiger partial charge in [0.05, 0.1) is 25.4 Å². The van der Waals surface area contributed by atoms with Crippen molar-refractivity contribution >= 4 is 17.3 Å². The Morgan fingerprint density at radius 1 is 1.33 bits per heavy atom. The largest absolute Gasteiger partial charge is 0.497 e. The molecular formula is C15H18N2O3S. The van der Waals surface area contributed by atoms with Gasteiger partial charge in [-0.2, -0.15) is 0 Å². The summed E-state index contributed by atoms with van der Waals surface area (Å²) in [6.07, 6.45) is 0. The predicted molar refractivity (Wildman–Crippen MR) is 81.3 cm³/mol. The number of thiazole rings is 1. The molecule has 0 bridgehead atoms. The number of ether oxygens (including phenoxy) is 2. The van der Waals surface area contributed by atoms with Crippen molar-refractivity contribution in [3.63, 3.8) is 0 Å². The molecule has 2 aromatic rings. The third kappa shape index (κ3) is 3.40. The first kappa shape index (κ1) is 15.5. The highest BCUT2D eigenvalue weighted by molar-refractivity contribution is 7.07. The predicted octanol–water partition coefficient (Wildman–Crippen LogP) is 2.33. The Balaban J connectivity index is 2.24. The number of rotatable bonds is 6. The number of nitrogens with one attached hydrogen (secondary N) is 1. The fourth-order valence-electron chi connectivity index (χ4n) is 2.01. The summed E-state index contributed by atoms with van der Waals surface area (Å²) in [6.45, 7) is 2.29. The molecule has 0 aliphatic heterocycles. The molecule has 1 aromatic heterocycles. The molecule has 1 atom stereocenters. The van der Waals surface area contributed by atoms with Crippen molar-refractivity contribution in [3.8, 4) is 5.75 Å². The van der Waals surface area contributed by atoms with Crippen LogP contribution in [0.4, 0.5) is 0 Å². The van der Waals surface area contributed by atoms with Gasteiger partial charge in [-0.05, 0) is 24.6 Å². The summed E-state index contributed by atoms with van der Waals surface area (Å²) in [6, 6.07) is 7.34. The maximum Gasteiger partial charge on any atom is 0.330 e. The first-order valence-corrected chi connectivity index (χ1v) is 7.39. The lowest BCUT2D eigenvalue weighted by atomic mass is 9.91. The van der Waals surface area contributed by atoms with Crippen LogP contribution in [-0.4, -0.2) is 25.2 Å². The average Bonchev–Trinajstić information content (AvgIpc) is 3.05. The van der Waals surface area contributed by atoms with Crippen LogP contribution in [0.25, 0.3) is 0 Å². The van der Waals surface area contributed by atoms with Crippen molar-refractivity contribution in [2.75, 3.05) is 14.2 Å². The number of benzene rings is 1. The molecule has 0 spiro atoms. The van der Waals surface area contributed by atoms with E-state index in [4.69, 9.17) is 9.47 Å². The van der Waals surface area contributed by atoms with Crippen molar-refractivity contribution in [2.45, 2.75) is 19.0 Å². The zero-order valence-electron chi connectivity index (χ0n) is 12.3. The van der Waals surface area contributed by atoms with Gasteiger partial charge in [0.25, 0.3) is 0 Å². The fourth-order valence-corrected chi connectivity index (χ4v) is 2.57. The summed E-state index contributed by atoms with van der Waals surface area (Å²) in [5.74, 6) is 0.397. The van der Waals surface area contributed by atoms with Crippen LogP contribution >= 0.6 is 11.3 Å². The molecule has 6 heteroatoms. The smallest absolute Gasteiger partial charge is 0.330 e. The average molecular weight is 306 g/mol. The zero-order valence-corrected chi connectivity index (χ0v) is 13.1. The Hall–Kier alpha value is -1.92. The van der Waals surface area contributed by atoms with Gasteiger partial charge in [0.2, 0.25) is 0 Å². The molecule has 21 heavy (non-hydrogen) atoms. The highest BCUT2D eigenvalue weighted by atomic mass is 32.1. The minimum atomic E-state index is -0.940. The van der Waals surface area contributed by atoms with Gasteiger partial charge in [-0.25, -0.2) is 9.78 Å². The van der Waals surface area contributed by atoms with Crippen LogP contribution in [0, 0.1) is 0 Å². The molecule has 0 aliphatic carbocycles. The van der Waals surface area contributed by atoms with E-state index < -0.39 is 5.54 Å². The van der Waals surface area contributed by atoms with Crippen LogP contribution in [0.2, 0.25) is 0 Å². The molecule has 112 valence electrons. The number of carbonyl (C=O) groups is 1. The van der Waals surface area contributed by atoms with E-state index in [2.05, 4.69) is 10.3 Å². The maximum atomic E-state index is 12.2. The van der Waals surface area contributed by atoms with E-state index in [1.807, 2.05) is 29.6 Å². The summed E-state index contributed by atoms with van der Waals surface area (Å²) in [4.78, 5) is 16.4. The third-order valence-corrected chi connectivity index (χ3v) is 4.00. The van der Waals surface area contributed by atoms with Gasteiger partial charge in [-0.15, -0.1) is 11.3 Å². The second kappa shape index (κ2) is 6.69. The Morgan fingerprint density at radius 2 is 2.05 bits per heavy atom. The molecule has 0 radical (unpaired) electrons. The van der Waals surface area contributed by atoms with Gasteiger partial charge in [0.15, 0.2) is 0 Å². The highest BCUT2D eigenvalue weighted by Gasteiger charge is 2.36. The van der Waals surface area contributed by atoms with E-state index in [0.717, 1.165) is 17.0 Å². The van der Waals surface area contributed by atoms with Crippen molar-refractivity contribution in [2.24, 2.45) is 0 Å². The van der Waals surface area contributed by atoms with E-state index in [0.29, 0.717) is 6.54 Å². The number of aromatic nitrogens is 1. The lowest BCUT2D eigenvalue weighted by Crippen LogP contribution is -2.47. The molecule has 5 nitrogen and oxygen atoms in total. The summed E-state index contributed by atoms with van der Waals surface area (Å²) < 4.78 is 10.1. The molecule has 0 aliphatic rings. The SMILES string of the molecule is COC(=O)C(C)(NCc1cscn1)c1ccc(OC)cc1. The zero-order chi connectivity index (χ0) is 15.3. The Bertz CT molecular complexity index is 583. The first-order valence-electron chi connectivity index (χ1n) is 6.45. The van der Waals surface area contributed by atoms with Gasteiger partial charge in [0, 0.05) is 11.9 Å². The third-order valence-electron chi connectivity index (χ3n) is 3.37. The minimum absolute atomic E-state index is 0.345. The Kier molecular flexibility index (Phi) is 4.93. The number of methoxy groups -OCH3 is 2. The van der Waals surface area contributed by atoms with Crippen LogP contribution in [0.1, 0.15) is 18.2 Å². The standard InChI is InChI=1S/C15H18N2O3S/c1-15(14(18)20-3,17-8-12-9-21-10-16-12)11-4-6-13(19-2)7-5-11/h4-7,9-10,17H,8H2,1-3H3. The lowest BCUT2D eigenvalue weighted by molar-refractivity contribution is -0.148. The normalized spacial score (nSPS) is 13.5. The molecule has 0 saturated heterocycles. The Labute approximate surface area is 127 Å². The minimum Gasteiger partial charge on any atom is -0.497 e. The topological polar surface area (TPSA) is 60.5 Å². The molecule has 0 saturated carbocycles. The second-order valence-corrected chi connectivity index (χ2v) is 5.40. The number of carbonyl (C=O) groups excluding carboxylic acids is 1. The van der Waals surface area contributed by atoms with Crippen LogP contribution in [0.3, 0.4) is 0 Å². The number of hydrogen-bond acceptors (Lipinski definition) is 6. The van der Waals surface area contributed by atoms with Crippen LogP contribution in [-0.2, 0) is 21.6 Å². The molecule has 1 aromatic carbocycles. The van der Waals surface area contributed by atoms with Crippen molar-refractivity contribution < 1.29 is 14.3 Å². The monoisotopic (exact) mass is 306 g/mol. The van der Waals surface area contributed by atoms with Crippen LogP contribution in [0.5, 0.6) is 5.75 Å². The van der Waals surface area contributed by atoms with Gasteiger partial charge < -0.3 is 9.47 Å². The molecule has 1 heterocycles. The summed E-state index contributed by atoms with van der Waals surface area (Å²) >= 11 is 1.52. The second-order valence-electron chi connectivity index (χ2n) is 4.68. The van der Waals surface area contributed by atoms with Crippen LogP contribution < -0.4 is 10.1 Å². The van der Waals surface area contributed by atoms with Gasteiger partial charge in [-0.3, -0.25) is 5.32 Å². The summed E-state index contributed by atoms with van der Waals surface area (Å²) in [5.41, 5.74) is 2.53. The number of hydrogen-bond donors (Lipinski definition) is 1. The highest BCUT2D eigenvalue weighted by Crippen LogP contribution is 2.25. The quantitative estimate of drug-likeness (QED) is 0.830. The van der Waals surface area contributed by atoms with Crippen molar-refractivity contribution in [1.82, 2.24) is 10.3 Å². The molecule has 1 unspecified atom stereocenters. The van der Waals surface area contributed by atoms with E-state index in [1.54, 1.807) is 19.5 Å². The number of esters is 1. The van der Waals surface area contributed by atoms with E-state index in [1.165, 1.54) is 18.4 Å². The van der Waals surface area contributed by atoms with E-state index in [-0.39, 0.29) is 5.97 Å². The summed E-state index contributed by atoms with van der Waals surface area (Å²) in [5, 5.41) is 5.17. The van der Waals surface area contributed by atoms with Gasteiger partial charge in [-0.1, -0.05) is 12.1 Å². The van der Waals surface area contributed by atoms with Gasteiger partial charge in [0.1, 0.15) is 11.3 Å². The van der Waals surface area contributed by atoms with E-state index >= 15 is 0 Å². The summed E-state index contributed by atoms with van der Waals surface area (Å²) in [7, 11) is 2.99. The molecule has 2 rings (SSSR count). The van der Waals surface area contributed by atoms with E-state index in [9.17, 15) is 4.79 Å². The Morgan fingerprint density at radius 3 is 2.57 bits per heavy atom. The van der Waals surface area contributed by atoms with Crippen molar-refractivity contribution in [1.29, 1.82) is 0 Å². The molecular weight excluding hydrogens is 288 g/mol. The number of nitrogens with zero attached hydrogens (tertiary/aromatic N) is 1. The molecule has 0 amide bonds. The fraction of sp³-hybridized carbons (Fsp3) is 0.333. The molecule has 1 N–H and O–H groups in total. The first-order chi connectivity index (χ1) is 10.1. The maximum absolute atomic E-state index is 12.2. The molecule has 0 fully saturated rings. The van der Waals surface area contributed by atoms with Crippen LogP contribution in [0.15, 0.2) is 35.2 Å². The van der Waals surface area contributed by atoms with Gasteiger partial charge >= 0.3 is 5.97 Å². The lowest BCUT2D eigenvalue weighted by Gasteiger charge is -2.28.